The zero-order valence-corrected chi connectivity index (χ0v) is 13.3. The van der Waals surface area contributed by atoms with Crippen LogP contribution < -0.4 is 0 Å². The lowest BCUT2D eigenvalue weighted by Crippen LogP contribution is -2.55. The molecule has 0 unspecified atom stereocenters. The van der Waals surface area contributed by atoms with Gasteiger partial charge in [0, 0.05) is 45.7 Å². The van der Waals surface area contributed by atoms with Crippen molar-refractivity contribution in [1.82, 2.24) is 14.7 Å². The fourth-order valence-corrected chi connectivity index (χ4v) is 3.69. The first kappa shape index (κ1) is 15.6. The van der Waals surface area contributed by atoms with E-state index in [1.54, 1.807) is 0 Å². The molecule has 3 fully saturated rings. The second kappa shape index (κ2) is 7.31. The van der Waals surface area contributed by atoms with Crippen LogP contribution in [0.25, 0.3) is 0 Å². The molecular weight excluding hydrogens is 282 g/mol. The molecule has 0 radical (unpaired) electrons. The lowest BCUT2D eigenvalue weighted by Gasteiger charge is -2.38. The van der Waals surface area contributed by atoms with E-state index in [1.165, 1.54) is 25.7 Å². The quantitative estimate of drug-likeness (QED) is 0.769. The first-order valence-corrected chi connectivity index (χ1v) is 8.63. The monoisotopic (exact) mass is 309 g/mol. The molecule has 124 valence electrons. The highest BCUT2D eigenvalue weighted by molar-refractivity contribution is 5.78. The van der Waals surface area contributed by atoms with Crippen LogP contribution in [0.1, 0.15) is 32.1 Å². The van der Waals surface area contributed by atoms with Crippen LogP contribution >= 0.6 is 0 Å². The maximum Gasteiger partial charge on any atom is 0.320 e. The number of ether oxygens (including phenoxy) is 1. The molecule has 0 N–H and O–H groups in total. The second-order valence-electron chi connectivity index (χ2n) is 6.60. The fraction of sp³-hybridized carbons (Fsp3) is 0.875. The van der Waals surface area contributed by atoms with Gasteiger partial charge in [0.05, 0.1) is 13.2 Å². The predicted molar refractivity (Wildman–Crippen MR) is 82.5 cm³/mol. The zero-order chi connectivity index (χ0) is 15.4. The maximum atomic E-state index is 12.4. The molecule has 6 heteroatoms. The summed E-state index contributed by atoms with van der Waals surface area (Å²) in [5.74, 6) is 0.880. The molecule has 0 aromatic rings. The fourth-order valence-electron chi connectivity index (χ4n) is 3.69. The van der Waals surface area contributed by atoms with Crippen molar-refractivity contribution in [2.75, 3.05) is 52.5 Å². The predicted octanol–water partition coefficient (Wildman–Crippen LogP) is 1.16. The van der Waals surface area contributed by atoms with E-state index in [2.05, 4.69) is 0 Å². The summed E-state index contributed by atoms with van der Waals surface area (Å²) < 4.78 is 5.28. The third-order valence-corrected chi connectivity index (χ3v) is 5.12. The number of hydrogen-bond donors (Lipinski definition) is 0. The Bertz CT molecular complexity index is 395. The van der Waals surface area contributed by atoms with E-state index in [-0.39, 0.29) is 11.9 Å². The lowest BCUT2D eigenvalue weighted by molar-refractivity contribution is -0.133. The van der Waals surface area contributed by atoms with Crippen molar-refractivity contribution in [2.45, 2.75) is 32.1 Å². The van der Waals surface area contributed by atoms with E-state index in [9.17, 15) is 9.59 Å². The molecule has 1 saturated carbocycles. The van der Waals surface area contributed by atoms with E-state index < -0.39 is 0 Å². The van der Waals surface area contributed by atoms with Crippen molar-refractivity contribution in [3.05, 3.63) is 0 Å². The minimum absolute atomic E-state index is 0.103. The first-order chi connectivity index (χ1) is 10.7. The summed E-state index contributed by atoms with van der Waals surface area (Å²) in [6, 6.07) is 0.103. The standard InChI is InChI=1S/C16H27N3O3/c20-15(13-14-3-1-2-4-14)17-5-7-18(8-6-17)16(21)19-9-11-22-12-10-19/h14H,1-13H2. The number of rotatable bonds is 2. The Morgan fingerprint density at radius 2 is 1.36 bits per heavy atom. The van der Waals surface area contributed by atoms with Crippen LogP contribution in [0, 0.1) is 5.92 Å². The van der Waals surface area contributed by atoms with Gasteiger partial charge in [0.1, 0.15) is 0 Å². The number of piperazine rings is 1. The number of carbonyl (C=O) groups excluding carboxylic acids is 2. The molecule has 0 atom stereocenters. The number of hydrogen-bond acceptors (Lipinski definition) is 3. The maximum absolute atomic E-state index is 12.4. The van der Waals surface area contributed by atoms with Gasteiger partial charge in [-0.25, -0.2) is 4.79 Å². The largest absolute Gasteiger partial charge is 0.378 e. The number of amides is 3. The van der Waals surface area contributed by atoms with Gasteiger partial charge in [-0.3, -0.25) is 4.79 Å². The first-order valence-electron chi connectivity index (χ1n) is 8.63. The summed E-state index contributed by atoms with van der Waals surface area (Å²) in [5.41, 5.74) is 0. The highest BCUT2D eigenvalue weighted by Gasteiger charge is 2.29. The third-order valence-electron chi connectivity index (χ3n) is 5.12. The van der Waals surface area contributed by atoms with Gasteiger partial charge in [0.2, 0.25) is 5.91 Å². The summed E-state index contributed by atoms with van der Waals surface area (Å²) in [5, 5.41) is 0. The van der Waals surface area contributed by atoms with Crippen LogP contribution in [0.3, 0.4) is 0 Å². The summed E-state index contributed by atoms with van der Waals surface area (Å²) in [6.45, 7) is 5.30. The van der Waals surface area contributed by atoms with Crippen LogP contribution in [-0.2, 0) is 9.53 Å². The summed E-state index contributed by atoms with van der Waals surface area (Å²) in [6.07, 6.45) is 5.68. The van der Waals surface area contributed by atoms with Crippen LogP contribution in [0.2, 0.25) is 0 Å². The minimum atomic E-state index is 0.103. The summed E-state index contributed by atoms with van der Waals surface area (Å²) >= 11 is 0. The molecule has 3 amide bonds. The molecular formula is C16H27N3O3. The Labute approximate surface area is 132 Å². The third kappa shape index (κ3) is 3.72. The van der Waals surface area contributed by atoms with Gasteiger partial charge in [-0.1, -0.05) is 12.8 Å². The van der Waals surface area contributed by atoms with Crippen LogP contribution in [0.4, 0.5) is 4.79 Å². The van der Waals surface area contributed by atoms with Crippen LogP contribution in [0.5, 0.6) is 0 Å². The van der Waals surface area contributed by atoms with Crippen molar-refractivity contribution in [3.63, 3.8) is 0 Å². The zero-order valence-electron chi connectivity index (χ0n) is 13.3. The average molecular weight is 309 g/mol. The van der Waals surface area contributed by atoms with Crippen LogP contribution in [-0.4, -0.2) is 79.1 Å². The highest BCUT2D eigenvalue weighted by Crippen LogP contribution is 2.28. The molecule has 2 heterocycles. The topological polar surface area (TPSA) is 53.1 Å². The van der Waals surface area contributed by atoms with E-state index in [0.29, 0.717) is 64.8 Å². The molecule has 2 aliphatic heterocycles. The molecule has 2 saturated heterocycles. The Hall–Kier alpha value is -1.30. The molecule has 0 bridgehead atoms. The van der Waals surface area contributed by atoms with Gasteiger partial charge in [0.25, 0.3) is 0 Å². The van der Waals surface area contributed by atoms with Gasteiger partial charge >= 0.3 is 6.03 Å². The Balaban J connectivity index is 1.43. The smallest absolute Gasteiger partial charge is 0.320 e. The lowest BCUT2D eigenvalue weighted by atomic mass is 10.0. The average Bonchev–Trinajstić information content (AvgIpc) is 3.08. The van der Waals surface area contributed by atoms with E-state index in [1.807, 2.05) is 14.7 Å². The van der Waals surface area contributed by atoms with Crippen molar-refractivity contribution in [2.24, 2.45) is 5.92 Å². The molecule has 0 spiro atoms. The van der Waals surface area contributed by atoms with Gasteiger partial charge in [-0.15, -0.1) is 0 Å². The minimum Gasteiger partial charge on any atom is -0.378 e. The van der Waals surface area contributed by atoms with Crippen molar-refractivity contribution >= 4 is 11.9 Å². The molecule has 1 aliphatic carbocycles. The van der Waals surface area contributed by atoms with Gasteiger partial charge in [-0.05, 0) is 18.8 Å². The van der Waals surface area contributed by atoms with Gasteiger partial charge < -0.3 is 19.4 Å². The van der Waals surface area contributed by atoms with E-state index in [0.717, 1.165) is 0 Å². The number of nitrogens with zero attached hydrogens (tertiary/aromatic N) is 3. The SMILES string of the molecule is O=C(CC1CCCC1)N1CCN(C(=O)N2CCOCC2)CC1. The number of carbonyl (C=O) groups is 2. The Morgan fingerprint density at radius 3 is 2.00 bits per heavy atom. The second-order valence-corrected chi connectivity index (χ2v) is 6.60. The molecule has 3 aliphatic rings. The molecule has 0 aromatic carbocycles. The summed E-state index contributed by atoms with van der Waals surface area (Å²) in [4.78, 5) is 30.4. The normalized spacial score (nSPS) is 23.9. The molecule has 6 nitrogen and oxygen atoms in total. The van der Waals surface area contributed by atoms with E-state index >= 15 is 0 Å². The molecule has 22 heavy (non-hydrogen) atoms. The number of morpholine rings is 1. The number of urea groups is 1. The molecule has 3 rings (SSSR count). The Kier molecular flexibility index (Phi) is 5.18. The van der Waals surface area contributed by atoms with Gasteiger partial charge in [-0.2, -0.15) is 0 Å². The van der Waals surface area contributed by atoms with Crippen molar-refractivity contribution in [1.29, 1.82) is 0 Å². The molecule has 0 aromatic heterocycles. The van der Waals surface area contributed by atoms with Crippen molar-refractivity contribution in [3.8, 4) is 0 Å². The Morgan fingerprint density at radius 1 is 0.818 bits per heavy atom. The van der Waals surface area contributed by atoms with Crippen molar-refractivity contribution < 1.29 is 14.3 Å². The van der Waals surface area contributed by atoms with E-state index in [4.69, 9.17) is 4.74 Å². The van der Waals surface area contributed by atoms with Crippen LogP contribution in [0.15, 0.2) is 0 Å². The summed E-state index contributed by atoms with van der Waals surface area (Å²) in [7, 11) is 0. The van der Waals surface area contributed by atoms with Gasteiger partial charge in [0.15, 0.2) is 0 Å². The highest BCUT2D eigenvalue weighted by atomic mass is 16.5.